The van der Waals surface area contributed by atoms with Crippen LogP contribution in [-0.2, 0) is 9.53 Å². The van der Waals surface area contributed by atoms with Crippen LogP contribution in [0.5, 0.6) is 0 Å². The maximum absolute atomic E-state index is 12.1. The molecule has 0 aliphatic carbocycles. The molecule has 1 amide bonds. The Bertz CT molecular complexity index is 497. The number of rotatable bonds is 4. The number of carbonyl (C=O) groups excluding carboxylic acids is 2. The van der Waals surface area contributed by atoms with Gasteiger partial charge in [0.2, 0.25) is 5.91 Å². The summed E-state index contributed by atoms with van der Waals surface area (Å²) in [6, 6.07) is 5.18. The molecule has 0 aromatic heterocycles. The molecular formula is C14H18ClNO3. The third-order valence-electron chi connectivity index (χ3n) is 2.78. The molecule has 0 heterocycles. The molecule has 1 aromatic rings. The van der Waals surface area contributed by atoms with Gasteiger partial charge in [0.05, 0.1) is 23.8 Å². The standard InChI is InChI=1S/C14H18ClNO3/c1-9-5-6-11(10(7-9)12(17)19-4)16-13(18)14(2,3)8-15/h5-7H,8H2,1-4H3,(H,16,18). The Balaban J connectivity index is 3.08. The van der Waals surface area contributed by atoms with Crippen LogP contribution in [0.25, 0.3) is 0 Å². The molecule has 0 aliphatic heterocycles. The molecule has 0 saturated carbocycles. The minimum absolute atomic E-state index is 0.193. The van der Waals surface area contributed by atoms with Gasteiger partial charge >= 0.3 is 5.97 Å². The van der Waals surface area contributed by atoms with E-state index in [1.54, 1.807) is 26.0 Å². The van der Waals surface area contributed by atoms with E-state index in [0.717, 1.165) is 5.56 Å². The summed E-state index contributed by atoms with van der Waals surface area (Å²) in [5.41, 5.74) is 0.969. The van der Waals surface area contributed by atoms with Gasteiger partial charge in [-0.25, -0.2) is 4.79 Å². The summed E-state index contributed by atoms with van der Waals surface area (Å²) in [6.45, 7) is 5.34. The molecule has 0 atom stereocenters. The average molecular weight is 284 g/mol. The lowest BCUT2D eigenvalue weighted by atomic mass is 9.95. The van der Waals surface area contributed by atoms with Crippen molar-refractivity contribution in [1.29, 1.82) is 0 Å². The fourth-order valence-electron chi connectivity index (χ4n) is 1.40. The monoisotopic (exact) mass is 283 g/mol. The predicted octanol–water partition coefficient (Wildman–Crippen LogP) is 2.99. The first-order valence-electron chi connectivity index (χ1n) is 5.88. The van der Waals surface area contributed by atoms with Gasteiger partial charge in [0, 0.05) is 5.88 Å². The van der Waals surface area contributed by atoms with Crippen molar-refractivity contribution in [2.45, 2.75) is 20.8 Å². The molecule has 0 bridgehead atoms. The second-order valence-corrected chi connectivity index (χ2v) is 5.28. The Morgan fingerprint density at radius 3 is 2.53 bits per heavy atom. The minimum Gasteiger partial charge on any atom is -0.465 e. The molecule has 0 radical (unpaired) electrons. The zero-order valence-electron chi connectivity index (χ0n) is 11.5. The second-order valence-electron chi connectivity index (χ2n) is 5.01. The molecule has 0 unspecified atom stereocenters. The van der Waals surface area contributed by atoms with E-state index in [4.69, 9.17) is 16.3 Å². The molecule has 4 nitrogen and oxygen atoms in total. The van der Waals surface area contributed by atoms with Crippen molar-refractivity contribution in [3.63, 3.8) is 0 Å². The Kier molecular flexibility index (Phi) is 4.95. The lowest BCUT2D eigenvalue weighted by Gasteiger charge is -2.21. The summed E-state index contributed by atoms with van der Waals surface area (Å²) < 4.78 is 4.71. The van der Waals surface area contributed by atoms with E-state index < -0.39 is 11.4 Å². The number of methoxy groups -OCH3 is 1. The third kappa shape index (κ3) is 3.70. The topological polar surface area (TPSA) is 55.4 Å². The van der Waals surface area contributed by atoms with Crippen LogP contribution in [0.2, 0.25) is 0 Å². The number of ether oxygens (including phenoxy) is 1. The summed E-state index contributed by atoms with van der Waals surface area (Å²) in [7, 11) is 1.30. The lowest BCUT2D eigenvalue weighted by Crippen LogP contribution is -2.32. The maximum Gasteiger partial charge on any atom is 0.339 e. The number of carbonyl (C=O) groups is 2. The number of aryl methyl sites for hydroxylation is 1. The van der Waals surface area contributed by atoms with Crippen molar-refractivity contribution >= 4 is 29.2 Å². The molecule has 1 rings (SSSR count). The first-order chi connectivity index (χ1) is 8.81. The predicted molar refractivity (Wildman–Crippen MR) is 75.6 cm³/mol. The Morgan fingerprint density at radius 1 is 1.37 bits per heavy atom. The van der Waals surface area contributed by atoms with Crippen LogP contribution < -0.4 is 5.32 Å². The number of esters is 1. The van der Waals surface area contributed by atoms with E-state index in [2.05, 4.69) is 5.32 Å². The van der Waals surface area contributed by atoms with Gasteiger partial charge in [0.1, 0.15) is 0 Å². The SMILES string of the molecule is COC(=O)c1cc(C)ccc1NC(=O)C(C)(C)CCl. The number of nitrogens with one attached hydrogen (secondary N) is 1. The summed E-state index contributed by atoms with van der Waals surface area (Å²) in [5.74, 6) is -0.530. The quantitative estimate of drug-likeness (QED) is 0.683. The number of halogens is 1. The molecular weight excluding hydrogens is 266 g/mol. The van der Waals surface area contributed by atoms with Crippen LogP contribution >= 0.6 is 11.6 Å². The highest BCUT2D eigenvalue weighted by molar-refractivity contribution is 6.20. The molecule has 19 heavy (non-hydrogen) atoms. The highest BCUT2D eigenvalue weighted by Gasteiger charge is 2.27. The number of amides is 1. The largest absolute Gasteiger partial charge is 0.465 e. The van der Waals surface area contributed by atoms with E-state index in [9.17, 15) is 9.59 Å². The van der Waals surface area contributed by atoms with Gasteiger partial charge in [-0.1, -0.05) is 11.6 Å². The van der Waals surface area contributed by atoms with Crippen molar-refractivity contribution in [3.8, 4) is 0 Å². The summed E-state index contributed by atoms with van der Waals surface area (Å²) >= 11 is 5.76. The number of hydrogen-bond acceptors (Lipinski definition) is 3. The summed E-state index contributed by atoms with van der Waals surface area (Å²) in [5, 5.41) is 2.72. The Morgan fingerprint density at radius 2 is 2.00 bits per heavy atom. The van der Waals surface area contributed by atoms with E-state index in [-0.39, 0.29) is 11.8 Å². The van der Waals surface area contributed by atoms with Gasteiger partial charge in [-0.05, 0) is 32.9 Å². The first-order valence-corrected chi connectivity index (χ1v) is 6.41. The summed E-state index contributed by atoms with van der Waals surface area (Å²) in [6.07, 6.45) is 0. The fraction of sp³-hybridized carbons (Fsp3) is 0.429. The van der Waals surface area contributed by atoms with Crippen molar-refractivity contribution in [2.24, 2.45) is 5.41 Å². The van der Waals surface area contributed by atoms with Crippen molar-refractivity contribution in [1.82, 2.24) is 0 Å². The summed E-state index contributed by atoms with van der Waals surface area (Å²) in [4.78, 5) is 23.8. The van der Waals surface area contributed by atoms with Gasteiger partial charge < -0.3 is 10.1 Å². The van der Waals surface area contributed by atoms with Crippen LogP contribution in [0.3, 0.4) is 0 Å². The molecule has 1 aromatic carbocycles. The van der Waals surface area contributed by atoms with Crippen LogP contribution in [0.4, 0.5) is 5.69 Å². The lowest BCUT2D eigenvalue weighted by molar-refractivity contribution is -0.122. The highest BCUT2D eigenvalue weighted by Crippen LogP contribution is 2.23. The van der Waals surface area contributed by atoms with Gasteiger partial charge in [0.15, 0.2) is 0 Å². The van der Waals surface area contributed by atoms with E-state index in [0.29, 0.717) is 11.3 Å². The zero-order chi connectivity index (χ0) is 14.6. The van der Waals surface area contributed by atoms with Crippen LogP contribution in [0.1, 0.15) is 29.8 Å². The smallest absolute Gasteiger partial charge is 0.339 e. The molecule has 0 fully saturated rings. The van der Waals surface area contributed by atoms with Gasteiger partial charge in [-0.2, -0.15) is 0 Å². The van der Waals surface area contributed by atoms with Crippen LogP contribution in [0.15, 0.2) is 18.2 Å². The molecule has 104 valence electrons. The normalized spacial score (nSPS) is 11.0. The number of hydrogen-bond donors (Lipinski definition) is 1. The van der Waals surface area contributed by atoms with Crippen LogP contribution in [-0.4, -0.2) is 24.9 Å². The molecule has 0 spiro atoms. The zero-order valence-corrected chi connectivity index (χ0v) is 12.3. The number of benzene rings is 1. The molecule has 1 N–H and O–H groups in total. The minimum atomic E-state index is -0.709. The number of anilines is 1. The van der Waals surface area contributed by atoms with E-state index >= 15 is 0 Å². The van der Waals surface area contributed by atoms with Gasteiger partial charge in [0.25, 0.3) is 0 Å². The van der Waals surface area contributed by atoms with E-state index in [1.165, 1.54) is 7.11 Å². The van der Waals surface area contributed by atoms with Crippen molar-refractivity contribution < 1.29 is 14.3 Å². The number of alkyl halides is 1. The van der Waals surface area contributed by atoms with Crippen LogP contribution in [0, 0.1) is 12.3 Å². The molecule has 0 saturated heterocycles. The fourth-order valence-corrected chi connectivity index (χ4v) is 1.52. The average Bonchev–Trinajstić information content (AvgIpc) is 2.39. The van der Waals surface area contributed by atoms with Gasteiger partial charge in [-0.15, -0.1) is 11.6 Å². The molecule has 0 aliphatic rings. The maximum atomic E-state index is 12.1. The van der Waals surface area contributed by atoms with Crippen molar-refractivity contribution in [2.75, 3.05) is 18.3 Å². The first kappa shape index (κ1) is 15.5. The third-order valence-corrected chi connectivity index (χ3v) is 3.45. The van der Waals surface area contributed by atoms with E-state index in [1.807, 2.05) is 13.0 Å². The Labute approximate surface area is 118 Å². The highest BCUT2D eigenvalue weighted by atomic mass is 35.5. The Hall–Kier alpha value is -1.55. The van der Waals surface area contributed by atoms with Crippen molar-refractivity contribution in [3.05, 3.63) is 29.3 Å². The second kappa shape index (κ2) is 6.06. The van der Waals surface area contributed by atoms with Gasteiger partial charge in [-0.3, -0.25) is 4.79 Å². The molecule has 5 heteroatoms.